The smallest absolute Gasteiger partial charge is 0.407 e. The molecule has 0 atom stereocenters. The van der Waals surface area contributed by atoms with Crippen molar-refractivity contribution in [1.82, 2.24) is 5.32 Å². The highest BCUT2D eigenvalue weighted by Crippen LogP contribution is 2.50. The number of furan rings is 3. The Morgan fingerprint density at radius 3 is 1.11 bits per heavy atom. The van der Waals surface area contributed by atoms with Crippen LogP contribution in [0.1, 0.15) is 0 Å². The Bertz CT molecular complexity index is 4640. The predicted octanol–water partition coefficient (Wildman–Crippen LogP) is 19.4. The number of alkyl carbamates (subject to hydrolysis) is 1. The first-order valence-electron chi connectivity index (χ1n) is 27.2. The van der Waals surface area contributed by atoms with Gasteiger partial charge in [0.05, 0.1) is 21.2 Å². The topological polar surface area (TPSA) is 104 Å². The fourth-order valence-electron chi connectivity index (χ4n) is 12.0. The second-order valence-corrected chi connectivity index (χ2v) is 24.0. The molecule has 0 spiro atoms. The summed E-state index contributed by atoms with van der Waals surface area (Å²) in [5, 5.41) is 22.8. The summed E-state index contributed by atoms with van der Waals surface area (Å²) in [4.78, 5) is 29.0. The van der Waals surface area contributed by atoms with Crippen molar-refractivity contribution in [3.63, 3.8) is 0 Å². The van der Waals surface area contributed by atoms with E-state index in [0.29, 0.717) is 17.3 Å². The number of ether oxygens (including phenoxy) is 2. The number of hydrogen-bond acceptors (Lipinski definition) is 10. The van der Waals surface area contributed by atoms with E-state index in [-0.39, 0.29) is 19.8 Å². The van der Waals surface area contributed by atoms with Crippen molar-refractivity contribution in [2.75, 3.05) is 37.0 Å². The average Bonchev–Trinajstić information content (AvgIpc) is 2.96. The quantitative estimate of drug-likeness (QED) is 0.0462. The molecule has 12 aromatic carbocycles. The highest BCUT2D eigenvalue weighted by molar-refractivity contribution is 8.01. The van der Waals surface area contributed by atoms with Crippen LogP contribution in [0.25, 0.3) is 130 Å². The number of carbonyl (C=O) groups excluding carboxylic acids is 2. The maximum absolute atomic E-state index is 14.1. The molecule has 15 aromatic rings. The van der Waals surface area contributed by atoms with Crippen LogP contribution in [0.4, 0.5) is 4.79 Å². The van der Waals surface area contributed by atoms with E-state index < -0.39 is 17.5 Å². The highest BCUT2D eigenvalue weighted by Gasteiger charge is 2.36. The molecule has 82 heavy (non-hydrogen) atoms. The summed E-state index contributed by atoms with van der Waals surface area (Å²) in [6, 6.07) is 70.4. The zero-order valence-electron chi connectivity index (χ0n) is 44.2. The first-order chi connectivity index (χ1) is 40.4. The summed E-state index contributed by atoms with van der Waals surface area (Å²) < 4.78 is 32.7. The fraction of sp³-hybridized carbons (Fsp3) is 0.0986. The van der Waals surface area contributed by atoms with Crippen molar-refractivity contribution < 1.29 is 32.3 Å². The number of carbonyl (C=O) groups is 2. The van der Waals surface area contributed by atoms with Crippen molar-refractivity contribution in [2.45, 2.75) is 14.7 Å². The Kier molecular flexibility index (Phi) is 12.6. The Morgan fingerprint density at radius 2 is 0.756 bits per heavy atom. The van der Waals surface area contributed by atoms with Crippen LogP contribution in [0.15, 0.2) is 241 Å². The molecule has 398 valence electrons. The number of amides is 1. The number of thioether (sulfide) groups is 3. The number of fused-ring (bicyclic) bond motifs is 21. The maximum atomic E-state index is 14.1. The lowest BCUT2D eigenvalue weighted by atomic mass is 9.97. The molecule has 0 aliphatic heterocycles. The monoisotopic (exact) mass is 1120 g/mol. The second-order valence-electron chi connectivity index (χ2n) is 20.9. The van der Waals surface area contributed by atoms with Crippen molar-refractivity contribution in [3.8, 4) is 0 Å². The first kappa shape index (κ1) is 50.1. The van der Waals surface area contributed by atoms with E-state index in [4.69, 9.17) is 22.7 Å². The van der Waals surface area contributed by atoms with E-state index in [9.17, 15) is 9.59 Å². The lowest BCUT2D eigenvalue weighted by Gasteiger charge is -2.33. The highest BCUT2D eigenvalue weighted by atomic mass is 32.2. The summed E-state index contributed by atoms with van der Waals surface area (Å²) in [5.74, 6) is 0.948. The Balaban J connectivity index is 0.901. The first-order valence-corrected chi connectivity index (χ1v) is 30.2. The molecule has 3 heterocycles. The van der Waals surface area contributed by atoms with E-state index in [0.717, 1.165) is 151 Å². The van der Waals surface area contributed by atoms with Crippen LogP contribution in [-0.4, -0.2) is 49.1 Å². The lowest BCUT2D eigenvalue weighted by Crippen LogP contribution is -2.39. The minimum Gasteiger partial charge on any atom is -0.461 e. The van der Waals surface area contributed by atoms with Gasteiger partial charge in [0.15, 0.2) is 0 Å². The van der Waals surface area contributed by atoms with Gasteiger partial charge in [-0.25, -0.2) is 9.59 Å². The average molecular weight is 1120 g/mol. The summed E-state index contributed by atoms with van der Waals surface area (Å²) in [5.41, 5.74) is 4.13. The molecule has 1 N–H and O–H groups in total. The summed E-state index contributed by atoms with van der Waals surface area (Å²) >= 11 is 5.16. The molecule has 0 aliphatic rings. The van der Waals surface area contributed by atoms with E-state index in [1.807, 2.05) is 0 Å². The SMILES string of the molecule is C=CC(=O)OCCNC(=O)OCC(CSc1cc2ccccc2c2c1oc1ccc3ccccc3c12)(CSc1cc2ccccc2c2c1oc1ccc3ccccc3c12)CSc1cc2ccccc2c2c1oc1ccc3ccccc3c12. The molecule has 8 nitrogen and oxygen atoms in total. The molecule has 0 aliphatic carbocycles. The molecule has 0 bridgehead atoms. The van der Waals surface area contributed by atoms with Gasteiger partial charge in [-0.05, 0) is 101 Å². The van der Waals surface area contributed by atoms with Crippen LogP contribution in [0, 0.1) is 5.41 Å². The van der Waals surface area contributed by atoms with Crippen LogP contribution < -0.4 is 5.32 Å². The zero-order chi connectivity index (χ0) is 54.9. The maximum Gasteiger partial charge on any atom is 0.407 e. The molecule has 3 aromatic heterocycles. The van der Waals surface area contributed by atoms with Crippen LogP contribution in [0.3, 0.4) is 0 Å². The summed E-state index contributed by atoms with van der Waals surface area (Å²) in [7, 11) is 0. The Morgan fingerprint density at radius 1 is 0.427 bits per heavy atom. The van der Waals surface area contributed by atoms with E-state index in [1.165, 1.54) is 0 Å². The largest absolute Gasteiger partial charge is 0.461 e. The van der Waals surface area contributed by atoms with E-state index >= 15 is 0 Å². The van der Waals surface area contributed by atoms with E-state index in [1.54, 1.807) is 35.3 Å². The second kappa shape index (κ2) is 20.6. The number of hydrogen-bond donors (Lipinski definition) is 1. The van der Waals surface area contributed by atoms with Crippen molar-refractivity contribution in [2.24, 2.45) is 5.41 Å². The van der Waals surface area contributed by atoms with Crippen LogP contribution in [0.2, 0.25) is 0 Å². The summed E-state index contributed by atoms with van der Waals surface area (Å²) in [6.45, 7) is 3.56. The molecule has 0 saturated heterocycles. The van der Waals surface area contributed by atoms with Gasteiger partial charge in [-0.2, -0.15) is 0 Å². The normalized spacial score (nSPS) is 12.2. The van der Waals surface area contributed by atoms with Gasteiger partial charge >= 0.3 is 12.1 Å². The van der Waals surface area contributed by atoms with Gasteiger partial charge in [-0.1, -0.05) is 170 Å². The standard InChI is InChI=1S/C71H49NO7S3/c1-2-60(73)75-34-33-72-70(74)76-38-71(39-80-57-35-45-18-6-12-24-51(45)64-61-48-21-9-3-15-42(48)27-30-54(61)77-67(57)64,40-81-58-36-46-19-7-13-25-52(46)65-62-49-22-10-4-16-43(49)28-31-55(62)78-68(58)65)41-82-59-37-47-20-8-14-26-53(47)66-63-50-23-11-5-17-44(50)29-32-56(63)79-69(59)66/h2-32,35-37H,1,33-34,38-41H2,(H,72,74). The number of nitrogens with one attached hydrogen (secondary N) is 1. The molecular formula is C71H49NO7S3. The van der Waals surface area contributed by atoms with Gasteiger partial charge in [-0.15, -0.1) is 35.3 Å². The third-order valence-corrected chi connectivity index (χ3v) is 20.0. The molecular weight excluding hydrogens is 1070 g/mol. The Labute approximate surface area is 482 Å². The molecule has 0 fully saturated rings. The molecule has 1 amide bonds. The zero-order valence-corrected chi connectivity index (χ0v) is 46.6. The Hall–Kier alpha value is -8.87. The van der Waals surface area contributed by atoms with Crippen LogP contribution >= 0.6 is 35.3 Å². The van der Waals surface area contributed by atoms with Crippen LogP contribution in [0.5, 0.6) is 0 Å². The van der Waals surface area contributed by atoms with Gasteiger partial charge in [0.1, 0.15) is 46.7 Å². The lowest BCUT2D eigenvalue weighted by molar-refractivity contribution is -0.137. The molecule has 0 unspecified atom stereocenters. The van der Waals surface area contributed by atoms with Crippen molar-refractivity contribution >= 4 is 178 Å². The number of benzene rings is 12. The van der Waals surface area contributed by atoms with Crippen LogP contribution in [-0.2, 0) is 14.3 Å². The summed E-state index contributed by atoms with van der Waals surface area (Å²) in [6.07, 6.45) is 0.482. The number of esters is 1. The van der Waals surface area contributed by atoms with Gasteiger partial charge in [-0.3, -0.25) is 0 Å². The molecule has 15 rings (SSSR count). The van der Waals surface area contributed by atoms with Crippen molar-refractivity contribution in [1.29, 1.82) is 0 Å². The minimum absolute atomic E-state index is 0.0305. The van der Waals surface area contributed by atoms with Gasteiger partial charge in [0, 0.05) is 61.1 Å². The van der Waals surface area contributed by atoms with Gasteiger partial charge in [0.25, 0.3) is 0 Å². The fourth-order valence-corrected chi connectivity index (χ4v) is 16.1. The van der Waals surface area contributed by atoms with E-state index in [2.05, 4.69) is 212 Å². The molecule has 0 radical (unpaired) electrons. The molecule has 11 heteroatoms. The third kappa shape index (κ3) is 8.65. The van der Waals surface area contributed by atoms with Crippen molar-refractivity contribution in [3.05, 3.63) is 213 Å². The predicted molar refractivity (Wildman–Crippen MR) is 341 cm³/mol. The van der Waals surface area contributed by atoms with Gasteiger partial charge in [0.2, 0.25) is 0 Å². The minimum atomic E-state index is -0.767. The third-order valence-electron chi connectivity index (χ3n) is 15.9. The van der Waals surface area contributed by atoms with Gasteiger partial charge < -0.3 is 28.0 Å². The molecule has 0 saturated carbocycles. The number of rotatable bonds is 15.